The molecule has 0 aliphatic carbocycles. The number of ether oxygens (including phenoxy) is 1. The molecule has 0 saturated heterocycles. The van der Waals surface area contributed by atoms with Gasteiger partial charge in [0.25, 0.3) is 5.91 Å². The van der Waals surface area contributed by atoms with Crippen LogP contribution in [0.4, 0.5) is 5.82 Å². The Labute approximate surface area is 109 Å². The van der Waals surface area contributed by atoms with Gasteiger partial charge in [-0.3, -0.25) is 4.79 Å². The van der Waals surface area contributed by atoms with E-state index in [2.05, 4.69) is 47.1 Å². The molecule has 1 aromatic rings. The number of aromatic nitrogens is 2. The molecule has 0 radical (unpaired) electrons. The van der Waals surface area contributed by atoms with Gasteiger partial charge in [-0.2, -0.15) is 0 Å². The Kier molecular flexibility index (Phi) is 5.81. The van der Waals surface area contributed by atoms with E-state index in [1.54, 1.807) is 0 Å². The first-order valence-corrected chi connectivity index (χ1v) is 5.97. The van der Waals surface area contributed by atoms with Crippen molar-refractivity contribution in [2.24, 2.45) is 5.73 Å². The Bertz CT molecular complexity index is 375. The van der Waals surface area contributed by atoms with Crippen LogP contribution in [0.2, 0.25) is 0 Å². The average molecular weight is 354 g/mol. The molecule has 6 nitrogen and oxygen atoms in total. The molecular formula is C8H10Br2N4O2. The maximum Gasteiger partial charge on any atom is 0.251 e. The molecule has 0 unspecified atom stereocenters. The topological polar surface area (TPSA) is 90.1 Å². The fraction of sp³-hybridized carbons (Fsp3) is 0.375. The van der Waals surface area contributed by atoms with Crippen LogP contribution in [0.15, 0.2) is 15.4 Å². The molecule has 1 aromatic heterocycles. The molecule has 0 bridgehead atoms. The number of hydrogen-bond donors (Lipinski definition) is 2. The SMILES string of the molecule is NCCOCC(=O)Nc1ncc(Br)nc1Br. The Morgan fingerprint density at radius 2 is 2.31 bits per heavy atom. The normalized spacial score (nSPS) is 10.2. The predicted molar refractivity (Wildman–Crippen MR) is 65.9 cm³/mol. The van der Waals surface area contributed by atoms with E-state index in [0.717, 1.165) is 0 Å². The lowest BCUT2D eigenvalue weighted by atomic mass is 10.5. The minimum atomic E-state index is -0.300. The lowest BCUT2D eigenvalue weighted by Gasteiger charge is -2.06. The lowest BCUT2D eigenvalue weighted by Crippen LogP contribution is -2.21. The summed E-state index contributed by atoms with van der Waals surface area (Å²) in [6.07, 6.45) is 1.49. The Morgan fingerprint density at radius 1 is 1.56 bits per heavy atom. The third kappa shape index (κ3) is 4.52. The van der Waals surface area contributed by atoms with Crippen LogP contribution >= 0.6 is 31.9 Å². The molecule has 3 N–H and O–H groups in total. The first-order chi connectivity index (χ1) is 7.63. The van der Waals surface area contributed by atoms with E-state index in [4.69, 9.17) is 10.5 Å². The van der Waals surface area contributed by atoms with Crippen LogP contribution in [-0.2, 0) is 9.53 Å². The monoisotopic (exact) mass is 352 g/mol. The van der Waals surface area contributed by atoms with Gasteiger partial charge in [0, 0.05) is 6.54 Å². The third-order valence-corrected chi connectivity index (χ3v) is 2.39. The molecule has 1 amide bonds. The van der Waals surface area contributed by atoms with Crippen molar-refractivity contribution in [2.75, 3.05) is 25.1 Å². The predicted octanol–water partition coefficient (Wildman–Crippen LogP) is 0.915. The Morgan fingerprint density at radius 3 is 2.94 bits per heavy atom. The fourth-order valence-corrected chi connectivity index (χ4v) is 1.76. The van der Waals surface area contributed by atoms with Crippen LogP contribution < -0.4 is 11.1 Å². The summed E-state index contributed by atoms with van der Waals surface area (Å²) in [4.78, 5) is 19.3. The van der Waals surface area contributed by atoms with Crippen LogP contribution in [0.1, 0.15) is 0 Å². The summed E-state index contributed by atoms with van der Waals surface area (Å²) in [5.74, 6) is 0.0512. The van der Waals surface area contributed by atoms with Crippen molar-refractivity contribution in [1.29, 1.82) is 0 Å². The summed E-state index contributed by atoms with van der Waals surface area (Å²) < 4.78 is 6.00. The Balaban J connectivity index is 2.49. The highest BCUT2D eigenvalue weighted by Crippen LogP contribution is 2.18. The van der Waals surface area contributed by atoms with Gasteiger partial charge >= 0.3 is 0 Å². The lowest BCUT2D eigenvalue weighted by molar-refractivity contribution is -0.120. The van der Waals surface area contributed by atoms with Crippen LogP contribution in [0, 0.1) is 0 Å². The molecule has 0 fully saturated rings. The van der Waals surface area contributed by atoms with E-state index in [-0.39, 0.29) is 12.5 Å². The van der Waals surface area contributed by atoms with Crippen molar-refractivity contribution in [3.05, 3.63) is 15.4 Å². The van der Waals surface area contributed by atoms with E-state index in [0.29, 0.717) is 28.2 Å². The standard InChI is InChI=1S/C8H10Br2N4O2/c9-5-3-12-8(7(10)13-5)14-6(15)4-16-2-1-11/h3H,1-2,4,11H2,(H,12,14,15). The maximum atomic E-state index is 11.3. The summed E-state index contributed by atoms with van der Waals surface area (Å²) >= 11 is 6.34. The molecule has 88 valence electrons. The second-order valence-corrected chi connectivity index (χ2v) is 4.29. The van der Waals surface area contributed by atoms with Crippen LogP contribution in [0.3, 0.4) is 0 Å². The number of rotatable bonds is 5. The molecule has 0 aliphatic rings. The zero-order chi connectivity index (χ0) is 12.0. The first kappa shape index (κ1) is 13.5. The van der Waals surface area contributed by atoms with Crippen molar-refractivity contribution in [1.82, 2.24) is 9.97 Å². The molecule has 0 spiro atoms. The zero-order valence-electron chi connectivity index (χ0n) is 8.24. The minimum absolute atomic E-state index is 0.0542. The van der Waals surface area contributed by atoms with Crippen LogP contribution in [0.5, 0.6) is 0 Å². The average Bonchev–Trinajstić information content (AvgIpc) is 2.23. The highest BCUT2D eigenvalue weighted by Gasteiger charge is 2.08. The second-order valence-electron chi connectivity index (χ2n) is 2.72. The van der Waals surface area contributed by atoms with Crippen LogP contribution in [-0.4, -0.2) is 35.6 Å². The summed E-state index contributed by atoms with van der Waals surface area (Å²) in [5.41, 5.74) is 5.22. The smallest absolute Gasteiger partial charge is 0.251 e. The highest BCUT2D eigenvalue weighted by molar-refractivity contribution is 9.11. The second kappa shape index (κ2) is 6.89. The largest absolute Gasteiger partial charge is 0.370 e. The van der Waals surface area contributed by atoms with Gasteiger partial charge in [0.1, 0.15) is 15.8 Å². The van der Waals surface area contributed by atoms with Crippen LogP contribution in [0.25, 0.3) is 0 Å². The highest BCUT2D eigenvalue weighted by atomic mass is 79.9. The van der Waals surface area contributed by atoms with E-state index in [9.17, 15) is 4.79 Å². The molecule has 0 atom stereocenters. The Hall–Kier alpha value is -0.570. The van der Waals surface area contributed by atoms with Crippen molar-refractivity contribution in [3.63, 3.8) is 0 Å². The molecule has 0 aromatic carbocycles. The summed E-state index contributed by atoms with van der Waals surface area (Å²) in [6.45, 7) is 0.678. The quantitative estimate of drug-likeness (QED) is 0.768. The van der Waals surface area contributed by atoms with E-state index < -0.39 is 0 Å². The van der Waals surface area contributed by atoms with Crippen molar-refractivity contribution in [2.45, 2.75) is 0 Å². The minimum Gasteiger partial charge on any atom is -0.370 e. The summed E-state index contributed by atoms with van der Waals surface area (Å²) in [7, 11) is 0. The number of amides is 1. The number of nitrogens with zero attached hydrogens (tertiary/aromatic N) is 2. The fourth-order valence-electron chi connectivity index (χ4n) is 0.847. The molecule has 16 heavy (non-hydrogen) atoms. The van der Waals surface area contributed by atoms with Gasteiger partial charge in [-0.1, -0.05) is 0 Å². The summed E-state index contributed by atoms with van der Waals surface area (Å²) in [5, 5.41) is 2.55. The molecule has 8 heteroatoms. The number of carbonyl (C=O) groups excluding carboxylic acids is 1. The van der Waals surface area contributed by atoms with Gasteiger partial charge in [-0.05, 0) is 31.9 Å². The molecule has 1 heterocycles. The number of carbonyl (C=O) groups is 1. The maximum absolute atomic E-state index is 11.3. The number of hydrogen-bond acceptors (Lipinski definition) is 5. The molecule has 0 saturated carbocycles. The van der Waals surface area contributed by atoms with Gasteiger partial charge in [0.2, 0.25) is 0 Å². The van der Waals surface area contributed by atoms with Gasteiger partial charge in [-0.15, -0.1) is 0 Å². The molecular weight excluding hydrogens is 344 g/mol. The third-order valence-electron chi connectivity index (χ3n) is 1.45. The van der Waals surface area contributed by atoms with Gasteiger partial charge in [0.15, 0.2) is 5.82 Å². The summed E-state index contributed by atoms with van der Waals surface area (Å²) in [6, 6.07) is 0. The van der Waals surface area contributed by atoms with Gasteiger partial charge in [-0.25, -0.2) is 9.97 Å². The van der Waals surface area contributed by atoms with Crippen molar-refractivity contribution in [3.8, 4) is 0 Å². The van der Waals surface area contributed by atoms with Gasteiger partial charge < -0.3 is 15.8 Å². The number of nitrogens with two attached hydrogens (primary N) is 1. The molecule has 1 rings (SSSR count). The van der Waals surface area contributed by atoms with E-state index >= 15 is 0 Å². The first-order valence-electron chi connectivity index (χ1n) is 4.39. The van der Waals surface area contributed by atoms with Crippen molar-refractivity contribution < 1.29 is 9.53 Å². The van der Waals surface area contributed by atoms with E-state index in [1.165, 1.54) is 6.20 Å². The van der Waals surface area contributed by atoms with Crippen molar-refractivity contribution >= 4 is 43.6 Å². The zero-order valence-corrected chi connectivity index (χ0v) is 11.4. The molecule has 0 aliphatic heterocycles. The number of nitrogens with one attached hydrogen (secondary N) is 1. The number of anilines is 1. The van der Waals surface area contributed by atoms with Gasteiger partial charge in [0.05, 0.1) is 12.8 Å². The van der Waals surface area contributed by atoms with E-state index in [1.807, 2.05) is 0 Å². The number of halogens is 2.